The minimum Gasteiger partial charge on any atom is -0.341 e. The molecule has 2 N–H and O–H groups in total. The van der Waals surface area contributed by atoms with E-state index in [0.29, 0.717) is 42.5 Å². The van der Waals surface area contributed by atoms with E-state index in [1.807, 2.05) is 16.5 Å². The van der Waals surface area contributed by atoms with Crippen LogP contribution < -0.4 is 15.5 Å². The second-order valence-corrected chi connectivity index (χ2v) is 7.90. The summed E-state index contributed by atoms with van der Waals surface area (Å²) < 4.78 is 1.90. The zero-order chi connectivity index (χ0) is 22.0. The molecular formula is C22H26N8O. The van der Waals surface area contributed by atoms with E-state index in [9.17, 15) is 10.1 Å². The summed E-state index contributed by atoms with van der Waals surface area (Å²) in [6.07, 6.45) is 3.62. The van der Waals surface area contributed by atoms with Crippen LogP contribution in [-0.4, -0.2) is 58.2 Å². The predicted octanol–water partition coefficient (Wildman–Crippen LogP) is 1.15. The van der Waals surface area contributed by atoms with Crippen molar-refractivity contribution in [1.82, 2.24) is 19.4 Å². The molecule has 1 atom stereocenters. The number of nitrogens with two attached hydrogens (primary N) is 1. The summed E-state index contributed by atoms with van der Waals surface area (Å²) in [5.41, 5.74) is 7.76. The predicted molar refractivity (Wildman–Crippen MR) is 117 cm³/mol. The highest BCUT2D eigenvalue weighted by atomic mass is 16.2. The van der Waals surface area contributed by atoms with Gasteiger partial charge in [-0.25, -0.2) is 0 Å². The zero-order valence-corrected chi connectivity index (χ0v) is 17.9. The van der Waals surface area contributed by atoms with E-state index in [-0.39, 0.29) is 18.5 Å². The Labute approximate surface area is 182 Å². The Hall–Kier alpha value is -3.56. The van der Waals surface area contributed by atoms with Crippen molar-refractivity contribution in [2.45, 2.75) is 38.9 Å². The van der Waals surface area contributed by atoms with Gasteiger partial charge in [-0.2, -0.15) is 10.2 Å². The SMILES string of the molecule is CC#CCn1c(N2CCC[C@@H](N)C2)nc2c1C(=O)N(Cc1ncccc1C#N)CN2C. The van der Waals surface area contributed by atoms with Gasteiger partial charge in [-0.3, -0.25) is 14.3 Å². The molecule has 2 aromatic heterocycles. The van der Waals surface area contributed by atoms with Crippen LogP contribution in [0.5, 0.6) is 0 Å². The molecule has 1 saturated heterocycles. The van der Waals surface area contributed by atoms with E-state index < -0.39 is 0 Å². The Morgan fingerprint density at radius 2 is 2.23 bits per heavy atom. The van der Waals surface area contributed by atoms with Gasteiger partial charge in [0, 0.05) is 32.4 Å². The molecule has 0 radical (unpaired) electrons. The van der Waals surface area contributed by atoms with Crippen molar-refractivity contribution in [3.8, 4) is 17.9 Å². The van der Waals surface area contributed by atoms with Crippen molar-refractivity contribution in [2.75, 3.05) is 36.6 Å². The first kappa shape index (κ1) is 20.7. The van der Waals surface area contributed by atoms with E-state index >= 15 is 0 Å². The van der Waals surface area contributed by atoms with E-state index in [2.05, 4.69) is 27.8 Å². The van der Waals surface area contributed by atoms with E-state index in [1.165, 1.54) is 0 Å². The van der Waals surface area contributed by atoms with Crippen LogP contribution in [0.1, 0.15) is 41.5 Å². The largest absolute Gasteiger partial charge is 0.341 e. The number of nitrogens with zero attached hydrogens (tertiary/aromatic N) is 7. The van der Waals surface area contributed by atoms with Crippen molar-refractivity contribution >= 4 is 17.7 Å². The molecule has 9 nitrogen and oxygen atoms in total. The zero-order valence-electron chi connectivity index (χ0n) is 17.9. The highest BCUT2D eigenvalue weighted by Gasteiger charge is 2.36. The summed E-state index contributed by atoms with van der Waals surface area (Å²) in [5, 5.41) is 9.38. The number of aromatic nitrogens is 3. The number of fused-ring (bicyclic) bond motifs is 1. The quantitative estimate of drug-likeness (QED) is 0.742. The van der Waals surface area contributed by atoms with E-state index in [4.69, 9.17) is 10.7 Å². The maximum absolute atomic E-state index is 13.5. The van der Waals surface area contributed by atoms with Gasteiger partial charge in [-0.1, -0.05) is 5.92 Å². The Morgan fingerprint density at radius 3 is 2.97 bits per heavy atom. The second kappa shape index (κ2) is 8.66. The topological polar surface area (TPSA) is 107 Å². The average Bonchev–Trinajstić information content (AvgIpc) is 3.16. The second-order valence-electron chi connectivity index (χ2n) is 7.90. The van der Waals surface area contributed by atoms with Crippen LogP contribution in [0.4, 0.5) is 11.8 Å². The lowest BCUT2D eigenvalue weighted by atomic mass is 10.1. The highest BCUT2D eigenvalue weighted by molar-refractivity contribution is 6.00. The average molecular weight is 419 g/mol. The normalized spacial score (nSPS) is 18.3. The Kier molecular flexibility index (Phi) is 5.79. The molecule has 160 valence electrons. The fraction of sp³-hybridized carbons (Fsp3) is 0.455. The molecule has 2 aliphatic heterocycles. The Bertz CT molecular complexity index is 1090. The summed E-state index contributed by atoms with van der Waals surface area (Å²) in [7, 11) is 1.91. The van der Waals surface area contributed by atoms with Crippen LogP contribution in [0.2, 0.25) is 0 Å². The fourth-order valence-corrected chi connectivity index (χ4v) is 4.15. The number of piperidine rings is 1. The third-order valence-corrected chi connectivity index (χ3v) is 5.67. The summed E-state index contributed by atoms with van der Waals surface area (Å²) in [6.45, 7) is 4.33. The van der Waals surface area contributed by atoms with Crippen molar-refractivity contribution in [2.24, 2.45) is 5.73 Å². The highest BCUT2D eigenvalue weighted by Crippen LogP contribution is 2.32. The molecule has 2 aliphatic rings. The molecule has 0 bridgehead atoms. The number of carbonyl (C=O) groups excluding carboxylic acids is 1. The standard InChI is InChI=1S/C22H26N8O/c1-3-4-11-30-19-20(26-22(30)28-10-6-8-17(24)13-28)27(2)15-29(21(19)31)14-18-16(12-23)7-5-9-25-18/h5,7,9,17H,6,8,10-11,13-15,24H2,1-2H3/t17-/m1/s1. The molecule has 0 aromatic carbocycles. The van der Waals surface area contributed by atoms with Gasteiger partial charge in [-0.05, 0) is 31.9 Å². The lowest BCUT2D eigenvalue weighted by Gasteiger charge is -2.33. The van der Waals surface area contributed by atoms with Gasteiger partial charge in [-0.15, -0.1) is 5.92 Å². The molecule has 4 rings (SSSR count). The van der Waals surface area contributed by atoms with Gasteiger partial charge in [0.1, 0.15) is 6.07 Å². The lowest BCUT2D eigenvalue weighted by Crippen LogP contribution is -2.46. The number of pyridine rings is 1. The van der Waals surface area contributed by atoms with Crippen molar-refractivity contribution in [1.29, 1.82) is 5.26 Å². The first-order chi connectivity index (χ1) is 15.0. The summed E-state index contributed by atoms with van der Waals surface area (Å²) in [6, 6.07) is 5.68. The summed E-state index contributed by atoms with van der Waals surface area (Å²) in [4.78, 5) is 28.5. The van der Waals surface area contributed by atoms with Crippen LogP contribution in [0, 0.1) is 23.2 Å². The molecule has 2 aromatic rings. The van der Waals surface area contributed by atoms with E-state index in [1.54, 1.807) is 30.2 Å². The smallest absolute Gasteiger partial charge is 0.276 e. The summed E-state index contributed by atoms with van der Waals surface area (Å²) >= 11 is 0. The van der Waals surface area contributed by atoms with Crippen LogP contribution in [0.3, 0.4) is 0 Å². The number of hydrogen-bond donors (Lipinski definition) is 1. The van der Waals surface area contributed by atoms with Gasteiger partial charge < -0.3 is 20.4 Å². The molecule has 1 fully saturated rings. The van der Waals surface area contributed by atoms with Crippen molar-refractivity contribution in [3.63, 3.8) is 0 Å². The molecule has 0 aliphatic carbocycles. The number of anilines is 2. The molecular weight excluding hydrogens is 392 g/mol. The van der Waals surface area contributed by atoms with Gasteiger partial charge in [0.05, 0.1) is 31.0 Å². The van der Waals surface area contributed by atoms with Gasteiger partial charge in [0.2, 0.25) is 5.95 Å². The van der Waals surface area contributed by atoms with Crippen LogP contribution in [0.25, 0.3) is 0 Å². The maximum Gasteiger partial charge on any atom is 0.276 e. The molecule has 4 heterocycles. The number of carbonyl (C=O) groups is 1. The molecule has 0 saturated carbocycles. The van der Waals surface area contributed by atoms with Gasteiger partial charge >= 0.3 is 0 Å². The first-order valence-corrected chi connectivity index (χ1v) is 10.4. The first-order valence-electron chi connectivity index (χ1n) is 10.4. The van der Waals surface area contributed by atoms with E-state index in [0.717, 1.165) is 25.3 Å². The lowest BCUT2D eigenvalue weighted by molar-refractivity contribution is 0.0718. The third-order valence-electron chi connectivity index (χ3n) is 5.67. The molecule has 9 heteroatoms. The number of imidazole rings is 1. The Balaban J connectivity index is 1.72. The number of hydrogen-bond acceptors (Lipinski definition) is 7. The minimum absolute atomic E-state index is 0.0895. The molecule has 1 amide bonds. The van der Waals surface area contributed by atoms with Crippen LogP contribution in [0.15, 0.2) is 18.3 Å². The van der Waals surface area contributed by atoms with Crippen molar-refractivity contribution < 1.29 is 4.79 Å². The minimum atomic E-state index is -0.138. The number of rotatable bonds is 4. The number of amides is 1. The van der Waals surface area contributed by atoms with Crippen molar-refractivity contribution in [3.05, 3.63) is 35.3 Å². The fourth-order valence-electron chi connectivity index (χ4n) is 4.15. The number of nitriles is 1. The van der Waals surface area contributed by atoms with Crippen LogP contribution >= 0.6 is 0 Å². The molecule has 0 spiro atoms. The molecule has 0 unspecified atom stereocenters. The third kappa shape index (κ3) is 3.92. The maximum atomic E-state index is 13.5. The van der Waals surface area contributed by atoms with Gasteiger partial charge in [0.25, 0.3) is 5.91 Å². The molecule has 31 heavy (non-hydrogen) atoms. The monoisotopic (exact) mass is 418 g/mol. The Morgan fingerprint density at radius 1 is 1.39 bits per heavy atom. The van der Waals surface area contributed by atoms with Crippen LogP contribution in [-0.2, 0) is 13.1 Å². The summed E-state index contributed by atoms with van der Waals surface area (Å²) in [5.74, 6) is 7.24. The van der Waals surface area contributed by atoms with Gasteiger partial charge in [0.15, 0.2) is 11.5 Å².